The zero-order valence-corrected chi connectivity index (χ0v) is 9.71. The number of hydrogen-bond acceptors (Lipinski definition) is 3. The van der Waals surface area contributed by atoms with E-state index in [1.54, 1.807) is 11.3 Å². The minimum atomic E-state index is 0.0715. The predicted molar refractivity (Wildman–Crippen MR) is 61.0 cm³/mol. The fourth-order valence-corrected chi connectivity index (χ4v) is 2.35. The van der Waals surface area contributed by atoms with Gasteiger partial charge in [0.05, 0.1) is 18.8 Å². The summed E-state index contributed by atoms with van der Waals surface area (Å²) >= 11 is 1.73. The molecule has 0 spiro atoms. The van der Waals surface area contributed by atoms with Crippen molar-refractivity contribution in [1.82, 2.24) is 9.78 Å². The molecule has 0 saturated carbocycles. The van der Waals surface area contributed by atoms with Gasteiger partial charge in [-0.3, -0.25) is 4.68 Å². The van der Waals surface area contributed by atoms with Gasteiger partial charge in [-0.2, -0.15) is 5.10 Å². The fourth-order valence-electron chi connectivity index (χ4n) is 1.67. The van der Waals surface area contributed by atoms with Gasteiger partial charge in [-0.25, -0.2) is 0 Å². The number of aliphatic hydroxyl groups excluding tert-OH is 1. The summed E-state index contributed by atoms with van der Waals surface area (Å²) in [7, 11) is 0. The number of hydrogen-bond donors (Lipinski definition) is 1. The van der Waals surface area contributed by atoms with Gasteiger partial charge in [-0.1, -0.05) is 6.07 Å². The topological polar surface area (TPSA) is 38.0 Å². The molecule has 2 aromatic rings. The third kappa shape index (κ3) is 1.96. The predicted octanol–water partition coefficient (Wildman–Crippen LogP) is 2.10. The molecule has 0 saturated heterocycles. The molecule has 2 rings (SSSR count). The average Bonchev–Trinajstić information content (AvgIpc) is 2.78. The van der Waals surface area contributed by atoms with Crippen molar-refractivity contribution in [2.24, 2.45) is 0 Å². The Bertz CT molecular complexity index is 445. The third-order valence-corrected chi connectivity index (χ3v) is 3.44. The Hall–Kier alpha value is -1.13. The third-order valence-electron chi connectivity index (χ3n) is 2.58. The van der Waals surface area contributed by atoms with Crippen LogP contribution in [0.25, 0.3) is 0 Å². The lowest BCUT2D eigenvalue weighted by Gasteiger charge is -2.02. The average molecular weight is 222 g/mol. The summed E-state index contributed by atoms with van der Waals surface area (Å²) in [6, 6.07) is 4.14. The van der Waals surface area contributed by atoms with Crippen molar-refractivity contribution in [3.63, 3.8) is 0 Å². The van der Waals surface area contributed by atoms with Gasteiger partial charge in [0.2, 0.25) is 0 Å². The largest absolute Gasteiger partial charge is 0.392 e. The van der Waals surface area contributed by atoms with Gasteiger partial charge in [0.15, 0.2) is 0 Å². The van der Waals surface area contributed by atoms with Crippen molar-refractivity contribution >= 4 is 11.3 Å². The summed E-state index contributed by atoms with van der Waals surface area (Å²) in [4.78, 5) is 1.28. The minimum absolute atomic E-state index is 0.0715. The minimum Gasteiger partial charge on any atom is -0.392 e. The van der Waals surface area contributed by atoms with Crippen molar-refractivity contribution in [3.8, 4) is 0 Å². The molecule has 0 amide bonds. The molecular weight excluding hydrogens is 208 g/mol. The molecule has 0 unspecified atom stereocenters. The zero-order chi connectivity index (χ0) is 10.8. The van der Waals surface area contributed by atoms with Crippen LogP contribution in [-0.2, 0) is 13.2 Å². The Morgan fingerprint density at radius 3 is 2.80 bits per heavy atom. The first-order valence-corrected chi connectivity index (χ1v) is 5.76. The molecule has 4 heteroatoms. The van der Waals surface area contributed by atoms with Crippen LogP contribution in [0.5, 0.6) is 0 Å². The summed E-state index contributed by atoms with van der Waals surface area (Å²) in [5.74, 6) is 0. The fraction of sp³-hybridized carbons (Fsp3) is 0.364. The summed E-state index contributed by atoms with van der Waals surface area (Å²) in [6.07, 6.45) is 0. The second-order valence-electron chi connectivity index (χ2n) is 3.54. The molecule has 2 aromatic heterocycles. The SMILES string of the molecule is Cc1nn(Cc2cccs2)c(C)c1CO. The van der Waals surface area contributed by atoms with Gasteiger partial charge in [-0.05, 0) is 25.3 Å². The Morgan fingerprint density at radius 2 is 2.27 bits per heavy atom. The lowest BCUT2D eigenvalue weighted by Crippen LogP contribution is -2.02. The van der Waals surface area contributed by atoms with E-state index in [-0.39, 0.29) is 6.61 Å². The van der Waals surface area contributed by atoms with Gasteiger partial charge >= 0.3 is 0 Å². The molecule has 0 aliphatic rings. The number of rotatable bonds is 3. The van der Waals surface area contributed by atoms with Crippen LogP contribution in [0.2, 0.25) is 0 Å². The van der Waals surface area contributed by atoms with Gasteiger partial charge in [-0.15, -0.1) is 11.3 Å². The van der Waals surface area contributed by atoms with Crippen LogP contribution in [0, 0.1) is 13.8 Å². The summed E-state index contributed by atoms with van der Waals surface area (Å²) in [5, 5.41) is 15.7. The van der Waals surface area contributed by atoms with Crippen LogP contribution in [-0.4, -0.2) is 14.9 Å². The monoisotopic (exact) mass is 222 g/mol. The maximum Gasteiger partial charge on any atom is 0.0755 e. The Kier molecular flexibility index (Phi) is 2.88. The molecule has 0 atom stereocenters. The maximum absolute atomic E-state index is 9.19. The normalized spacial score (nSPS) is 10.9. The first-order valence-electron chi connectivity index (χ1n) is 4.88. The smallest absolute Gasteiger partial charge is 0.0755 e. The number of thiophene rings is 1. The molecule has 1 N–H and O–H groups in total. The first-order chi connectivity index (χ1) is 7.22. The highest BCUT2D eigenvalue weighted by Gasteiger charge is 2.10. The standard InChI is InChI=1S/C11H14N2OS/c1-8-11(7-14)9(2)13(12-8)6-10-4-3-5-15-10/h3-5,14H,6-7H2,1-2H3. The van der Waals surface area contributed by atoms with Crippen molar-refractivity contribution < 1.29 is 5.11 Å². The highest BCUT2D eigenvalue weighted by atomic mass is 32.1. The van der Waals surface area contributed by atoms with Crippen molar-refractivity contribution in [2.45, 2.75) is 27.0 Å². The van der Waals surface area contributed by atoms with Crippen LogP contribution in [0.4, 0.5) is 0 Å². The number of nitrogens with zero attached hydrogens (tertiary/aromatic N) is 2. The molecule has 0 fully saturated rings. The Morgan fingerprint density at radius 1 is 1.47 bits per heavy atom. The second-order valence-corrected chi connectivity index (χ2v) is 4.58. The van der Waals surface area contributed by atoms with E-state index < -0.39 is 0 Å². The van der Waals surface area contributed by atoms with E-state index in [0.29, 0.717) is 0 Å². The zero-order valence-electron chi connectivity index (χ0n) is 8.90. The van der Waals surface area contributed by atoms with Gasteiger partial charge < -0.3 is 5.11 Å². The second kappa shape index (κ2) is 4.16. The quantitative estimate of drug-likeness (QED) is 0.863. The lowest BCUT2D eigenvalue weighted by atomic mass is 10.2. The molecule has 80 valence electrons. The van der Waals surface area contributed by atoms with E-state index in [2.05, 4.69) is 16.5 Å². The van der Waals surface area contributed by atoms with E-state index in [1.807, 2.05) is 24.6 Å². The summed E-state index contributed by atoms with van der Waals surface area (Å²) in [5.41, 5.74) is 2.93. The molecular formula is C11H14N2OS. The molecule has 3 nitrogen and oxygen atoms in total. The van der Waals surface area contributed by atoms with E-state index in [0.717, 1.165) is 23.5 Å². The van der Waals surface area contributed by atoms with Crippen LogP contribution in [0.1, 0.15) is 21.8 Å². The van der Waals surface area contributed by atoms with Crippen LogP contribution in [0.15, 0.2) is 17.5 Å². The molecule has 0 bridgehead atoms. The number of aryl methyl sites for hydroxylation is 1. The van der Waals surface area contributed by atoms with Crippen molar-refractivity contribution in [3.05, 3.63) is 39.3 Å². The lowest BCUT2D eigenvalue weighted by molar-refractivity contribution is 0.280. The van der Waals surface area contributed by atoms with Gasteiger partial charge in [0.1, 0.15) is 0 Å². The maximum atomic E-state index is 9.19. The molecule has 15 heavy (non-hydrogen) atoms. The van der Waals surface area contributed by atoms with E-state index in [1.165, 1.54) is 4.88 Å². The summed E-state index contributed by atoms with van der Waals surface area (Å²) in [6.45, 7) is 4.80. The van der Waals surface area contributed by atoms with Gasteiger partial charge in [0, 0.05) is 16.1 Å². The Balaban J connectivity index is 2.29. The molecule has 0 radical (unpaired) electrons. The highest BCUT2D eigenvalue weighted by molar-refractivity contribution is 7.09. The van der Waals surface area contributed by atoms with Crippen LogP contribution < -0.4 is 0 Å². The Labute approximate surface area is 93.0 Å². The summed E-state index contributed by atoms with van der Waals surface area (Å²) < 4.78 is 1.95. The molecule has 2 heterocycles. The molecule has 0 aromatic carbocycles. The van der Waals surface area contributed by atoms with Crippen LogP contribution in [0.3, 0.4) is 0 Å². The molecule has 0 aliphatic carbocycles. The van der Waals surface area contributed by atoms with Gasteiger partial charge in [0.25, 0.3) is 0 Å². The molecule has 0 aliphatic heterocycles. The van der Waals surface area contributed by atoms with Crippen molar-refractivity contribution in [2.75, 3.05) is 0 Å². The van der Waals surface area contributed by atoms with E-state index >= 15 is 0 Å². The van der Waals surface area contributed by atoms with E-state index in [9.17, 15) is 5.11 Å². The highest BCUT2D eigenvalue weighted by Crippen LogP contribution is 2.16. The van der Waals surface area contributed by atoms with Crippen LogP contribution >= 0.6 is 11.3 Å². The van der Waals surface area contributed by atoms with E-state index in [4.69, 9.17) is 0 Å². The number of aliphatic hydroxyl groups is 1. The van der Waals surface area contributed by atoms with Crippen molar-refractivity contribution in [1.29, 1.82) is 0 Å². The first kappa shape index (κ1) is 10.4. The number of aromatic nitrogens is 2.